The van der Waals surface area contributed by atoms with E-state index < -0.39 is 5.79 Å². The van der Waals surface area contributed by atoms with Crippen LogP contribution < -0.4 is 0 Å². The summed E-state index contributed by atoms with van der Waals surface area (Å²) in [5.41, 5.74) is 1.88. The Kier molecular flexibility index (Phi) is 3.11. The van der Waals surface area contributed by atoms with Gasteiger partial charge in [-0.3, -0.25) is 0 Å². The van der Waals surface area contributed by atoms with Crippen LogP contribution in [0.5, 0.6) is 0 Å². The van der Waals surface area contributed by atoms with E-state index in [0.29, 0.717) is 5.92 Å². The van der Waals surface area contributed by atoms with Gasteiger partial charge in [0.15, 0.2) is 5.79 Å². The summed E-state index contributed by atoms with van der Waals surface area (Å²) in [6, 6.07) is 11.1. The largest absolute Gasteiger partial charge is 0.350 e. The average molecular weight is 357 g/mol. The Balaban J connectivity index is 1.56. The molecule has 2 nitrogen and oxygen atoms in total. The number of hydrogen-bond donors (Lipinski definition) is 0. The molecule has 1 aromatic carbocycles. The first-order valence-corrected chi connectivity index (χ1v) is 10.3. The first kappa shape index (κ1) is 16.4. The van der Waals surface area contributed by atoms with E-state index in [4.69, 9.17) is 9.47 Å². The monoisotopic (exact) mass is 356 g/mol. The first-order chi connectivity index (χ1) is 11.7. The molecule has 2 aliphatic heterocycles. The zero-order valence-corrected chi connectivity index (χ0v) is 16.5. The van der Waals surface area contributed by atoms with Gasteiger partial charge in [0.25, 0.3) is 0 Å². The second kappa shape index (κ2) is 4.74. The van der Waals surface area contributed by atoms with Crippen LogP contribution in [0, 0.1) is 16.7 Å². The Bertz CT molecular complexity index is 728. The molecule has 0 bridgehead atoms. The van der Waals surface area contributed by atoms with Crippen LogP contribution in [0.3, 0.4) is 0 Å². The van der Waals surface area contributed by atoms with Crippen LogP contribution in [0.25, 0.3) is 0 Å². The Labute approximate surface area is 155 Å². The van der Waals surface area contributed by atoms with Crippen molar-refractivity contribution in [1.82, 2.24) is 0 Å². The third kappa shape index (κ3) is 2.01. The molecule has 2 spiro atoms. The summed E-state index contributed by atoms with van der Waals surface area (Å²) in [6.07, 6.45) is 7.40. The second-order valence-corrected chi connectivity index (χ2v) is 11.5. The Morgan fingerprint density at radius 2 is 1.64 bits per heavy atom. The third-order valence-electron chi connectivity index (χ3n) is 7.15. The van der Waals surface area contributed by atoms with Crippen LogP contribution in [0.15, 0.2) is 42.5 Å². The molecular formula is C22H28O2S. The molecule has 1 saturated carbocycles. The van der Waals surface area contributed by atoms with Gasteiger partial charge in [-0.25, -0.2) is 0 Å². The van der Waals surface area contributed by atoms with Crippen molar-refractivity contribution < 1.29 is 9.47 Å². The van der Waals surface area contributed by atoms with Crippen molar-refractivity contribution in [2.24, 2.45) is 16.7 Å². The predicted molar refractivity (Wildman–Crippen MR) is 103 cm³/mol. The number of hydrogen-bond acceptors (Lipinski definition) is 3. The quantitative estimate of drug-likeness (QED) is 0.649. The van der Waals surface area contributed by atoms with Crippen molar-refractivity contribution in [3.63, 3.8) is 0 Å². The van der Waals surface area contributed by atoms with Gasteiger partial charge in [0.05, 0.1) is 18.0 Å². The lowest BCUT2D eigenvalue weighted by atomic mass is 9.56. The molecule has 25 heavy (non-hydrogen) atoms. The van der Waals surface area contributed by atoms with Gasteiger partial charge in [-0.15, -0.1) is 11.8 Å². The lowest BCUT2D eigenvalue weighted by Gasteiger charge is -2.51. The van der Waals surface area contributed by atoms with Gasteiger partial charge in [-0.05, 0) is 38.2 Å². The summed E-state index contributed by atoms with van der Waals surface area (Å²) < 4.78 is 12.6. The number of thioether (sulfide) groups is 1. The van der Waals surface area contributed by atoms with E-state index in [-0.39, 0.29) is 20.3 Å². The van der Waals surface area contributed by atoms with Gasteiger partial charge in [-0.2, -0.15) is 0 Å². The van der Waals surface area contributed by atoms with Crippen LogP contribution in [-0.2, 0) is 14.2 Å². The molecule has 0 aromatic heterocycles. The minimum atomic E-state index is -0.434. The minimum absolute atomic E-state index is 0.124. The first-order valence-electron chi connectivity index (χ1n) is 9.47. The van der Waals surface area contributed by atoms with E-state index in [2.05, 4.69) is 68.1 Å². The number of ether oxygens (including phenoxy) is 2. The van der Waals surface area contributed by atoms with Gasteiger partial charge in [0.2, 0.25) is 0 Å². The molecule has 1 aromatic rings. The molecule has 0 radical (unpaired) electrons. The van der Waals surface area contributed by atoms with Crippen molar-refractivity contribution in [2.45, 2.75) is 55.8 Å². The fourth-order valence-electron chi connectivity index (χ4n) is 5.99. The van der Waals surface area contributed by atoms with Gasteiger partial charge >= 0.3 is 0 Å². The Morgan fingerprint density at radius 1 is 0.960 bits per heavy atom. The van der Waals surface area contributed by atoms with E-state index in [0.717, 1.165) is 13.2 Å². The van der Waals surface area contributed by atoms with E-state index >= 15 is 0 Å². The highest BCUT2D eigenvalue weighted by atomic mass is 32.2. The van der Waals surface area contributed by atoms with E-state index in [1.165, 1.54) is 18.4 Å². The Morgan fingerprint density at radius 3 is 2.24 bits per heavy atom. The minimum Gasteiger partial charge on any atom is -0.350 e. The maximum absolute atomic E-state index is 6.13. The van der Waals surface area contributed by atoms with Crippen molar-refractivity contribution >= 4 is 11.8 Å². The molecule has 2 aliphatic carbocycles. The molecule has 3 atom stereocenters. The zero-order valence-electron chi connectivity index (χ0n) is 15.7. The molecule has 5 rings (SSSR count). The van der Waals surface area contributed by atoms with Gasteiger partial charge in [-0.1, -0.05) is 56.3 Å². The molecule has 2 saturated heterocycles. The van der Waals surface area contributed by atoms with E-state index in [1.807, 2.05) is 13.8 Å². The highest BCUT2D eigenvalue weighted by Crippen LogP contribution is 2.81. The molecule has 0 amide bonds. The molecule has 1 unspecified atom stereocenters. The van der Waals surface area contributed by atoms with Crippen molar-refractivity contribution in [3.05, 3.63) is 48.0 Å². The molecule has 0 N–H and O–H groups in total. The van der Waals surface area contributed by atoms with Crippen molar-refractivity contribution in [2.75, 3.05) is 13.2 Å². The summed E-state index contributed by atoms with van der Waals surface area (Å²) in [5, 5.41) is 0. The van der Waals surface area contributed by atoms with Crippen LogP contribution in [0.1, 0.15) is 46.1 Å². The fourth-order valence-corrected chi connectivity index (χ4v) is 8.12. The summed E-state index contributed by atoms with van der Waals surface area (Å²) >= 11 is 2.18. The van der Waals surface area contributed by atoms with Crippen molar-refractivity contribution in [1.29, 1.82) is 0 Å². The third-order valence-corrected chi connectivity index (χ3v) is 9.04. The summed E-state index contributed by atoms with van der Waals surface area (Å²) in [7, 11) is 0. The van der Waals surface area contributed by atoms with Gasteiger partial charge in [0.1, 0.15) is 0 Å². The van der Waals surface area contributed by atoms with E-state index in [9.17, 15) is 0 Å². The van der Waals surface area contributed by atoms with Gasteiger partial charge < -0.3 is 9.47 Å². The Hall–Kier alpha value is -0.770. The lowest BCUT2D eigenvalue weighted by Crippen LogP contribution is -2.49. The average Bonchev–Trinajstić information content (AvgIpc) is 2.99. The lowest BCUT2D eigenvalue weighted by molar-refractivity contribution is -0.285. The summed E-state index contributed by atoms with van der Waals surface area (Å²) in [6.45, 7) is 10.6. The normalized spacial score (nSPS) is 42.0. The number of benzene rings is 1. The highest BCUT2D eigenvalue weighted by Gasteiger charge is 2.75. The zero-order chi connectivity index (χ0) is 17.6. The smallest absolute Gasteiger partial charge is 0.162 e. The SMILES string of the molecule is CC1(C)OCC2(CO1)C[C@@H]1C(C)(C)S[C@@]3(c4ccccc4)C=CC13C2. The number of allylic oxidation sites excluding steroid dienone is 1. The molecule has 4 aliphatic rings. The standard InChI is InChI=1S/C22H28O2S/c1-18(2)17-12-20(14-23-19(3,4)24-15-20)13-21(17)10-11-22(21,25-18)16-8-6-5-7-9-16/h5-11,17H,12-15H2,1-4H3/t17-,21?,22-/m1/s1. The van der Waals surface area contributed by atoms with Crippen LogP contribution in [0.2, 0.25) is 0 Å². The molecular weight excluding hydrogens is 328 g/mol. The summed E-state index contributed by atoms with van der Waals surface area (Å²) in [4.78, 5) is 0. The summed E-state index contributed by atoms with van der Waals surface area (Å²) in [5.74, 6) is 0.236. The maximum Gasteiger partial charge on any atom is 0.162 e. The van der Waals surface area contributed by atoms with Crippen LogP contribution in [0.4, 0.5) is 0 Å². The topological polar surface area (TPSA) is 18.5 Å². The highest BCUT2D eigenvalue weighted by molar-refractivity contribution is 8.02. The van der Waals surface area contributed by atoms with Crippen molar-refractivity contribution in [3.8, 4) is 0 Å². The molecule has 2 heterocycles. The maximum atomic E-state index is 6.13. The van der Waals surface area contributed by atoms with E-state index in [1.54, 1.807) is 0 Å². The van der Waals surface area contributed by atoms with Gasteiger partial charge in [0, 0.05) is 15.6 Å². The molecule has 3 heteroatoms. The fraction of sp³-hybridized carbons (Fsp3) is 0.636. The van der Waals surface area contributed by atoms with Crippen LogP contribution in [-0.4, -0.2) is 23.7 Å². The second-order valence-electron chi connectivity index (χ2n) is 9.59. The molecule has 3 fully saturated rings. The predicted octanol–water partition coefficient (Wildman–Crippen LogP) is 5.14. The van der Waals surface area contributed by atoms with Crippen LogP contribution >= 0.6 is 11.8 Å². The number of rotatable bonds is 1. The molecule has 134 valence electrons.